The van der Waals surface area contributed by atoms with E-state index in [4.69, 9.17) is 15.2 Å². The van der Waals surface area contributed by atoms with Crippen LogP contribution in [0.15, 0.2) is 42.1 Å². The maximum absolute atomic E-state index is 12.8. The maximum Gasteiger partial charge on any atom is 0.341 e. The van der Waals surface area contributed by atoms with Crippen molar-refractivity contribution in [1.29, 1.82) is 0 Å². The van der Waals surface area contributed by atoms with E-state index in [1.54, 1.807) is 26.8 Å². The normalized spacial score (nSPS) is 11.1. The highest BCUT2D eigenvalue weighted by Crippen LogP contribution is 2.34. The standard InChI is InChI=1S/C27H33N5O5S2/c1-7-12-32-20(13-36-19-10-8-18(9-11-19)15(2)3)30-31-27(32)38-14-21(33)29-25-22(26(35)37-16(4)5)17(6)23(39-25)24(28)34/h7-11,15-16H,1,12-14H2,2-6H3,(H2,28,34)(H,29,33). The van der Waals surface area contributed by atoms with Crippen LogP contribution in [0.4, 0.5) is 5.00 Å². The Morgan fingerprint density at radius 3 is 2.46 bits per heavy atom. The zero-order chi connectivity index (χ0) is 28.7. The van der Waals surface area contributed by atoms with E-state index in [1.165, 1.54) is 17.3 Å². The molecule has 0 aliphatic carbocycles. The number of carbonyl (C=O) groups excluding carboxylic acids is 3. The van der Waals surface area contributed by atoms with Crippen LogP contribution in [0, 0.1) is 6.92 Å². The average molecular weight is 572 g/mol. The first-order valence-electron chi connectivity index (χ1n) is 12.3. The maximum atomic E-state index is 12.8. The summed E-state index contributed by atoms with van der Waals surface area (Å²) in [5.74, 6) is -0.00142. The molecule has 0 fully saturated rings. The summed E-state index contributed by atoms with van der Waals surface area (Å²) >= 11 is 2.12. The van der Waals surface area contributed by atoms with Gasteiger partial charge in [0.2, 0.25) is 5.91 Å². The SMILES string of the molecule is C=CCn1c(COc2ccc(C(C)C)cc2)nnc1SCC(=O)Nc1sc(C(N)=O)c(C)c1C(=O)OC(C)C. The number of carbonyl (C=O) groups is 3. The van der Waals surface area contributed by atoms with Crippen LogP contribution in [0.5, 0.6) is 5.75 Å². The molecule has 0 unspecified atom stereocenters. The molecule has 3 aromatic rings. The van der Waals surface area contributed by atoms with Crippen LogP contribution in [0.3, 0.4) is 0 Å². The van der Waals surface area contributed by atoms with E-state index in [9.17, 15) is 14.4 Å². The topological polar surface area (TPSA) is 138 Å². The van der Waals surface area contributed by atoms with E-state index in [0.717, 1.165) is 17.1 Å². The van der Waals surface area contributed by atoms with Crippen molar-refractivity contribution in [2.45, 2.75) is 64.9 Å². The summed E-state index contributed by atoms with van der Waals surface area (Å²) in [5.41, 5.74) is 7.17. The number of primary amides is 1. The number of benzene rings is 1. The molecular weight excluding hydrogens is 538 g/mol. The molecule has 3 rings (SSSR count). The second-order valence-electron chi connectivity index (χ2n) is 9.23. The van der Waals surface area contributed by atoms with Crippen molar-refractivity contribution in [3.8, 4) is 5.75 Å². The number of anilines is 1. The molecule has 0 saturated heterocycles. The summed E-state index contributed by atoms with van der Waals surface area (Å²) in [7, 11) is 0. The van der Waals surface area contributed by atoms with Crippen molar-refractivity contribution < 1.29 is 23.9 Å². The molecular formula is C27H33N5O5S2. The number of thioether (sulfide) groups is 1. The lowest BCUT2D eigenvalue weighted by Gasteiger charge is -2.11. The minimum Gasteiger partial charge on any atom is -0.486 e. The summed E-state index contributed by atoms with van der Waals surface area (Å²) in [4.78, 5) is 37.5. The van der Waals surface area contributed by atoms with Crippen molar-refractivity contribution in [2.75, 3.05) is 11.1 Å². The van der Waals surface area contributed by atoms with E-state index >= 15 is 0 Å². The van der Waals surface area contributed by atoms with Crippen molar-refractivity contribution in [3.63, 3.8) is 0 Å². The number of nitrogens with one attached hydrogen (secondary N) is 1. The van der Waals surface area contributed by atoms with E-state index in [1.807, 2.05) is 28.8 Å². The zero-order valence-electron chi connectivity index (χ0n) is 22.6. The molecule has 2 amide bonds. The van der Waals surface area contributed by atoms with Crippen molar-refractivity contribution in [1.82, 2.24) is 14.8 Å². The summed E-state index contributed by atoms with van der Waals surface area (Å²) < 4.78 is 13.0. The van der Waals surface area contributed by atoms with E-state index < -0.39 is 17.8 Å². The highest BCUT2D eigenvalue weighted by atomic mass is 32.2. The van der Waals surface area contributed by atoms with Crippen LogP contribution in [-0.4, -0.2) is 44.4 Å². The molecule has 1 aromatic carbocycles. The van der Waals surface area contributed by atoms with Gasteiger partial charge in [0.15, 0.2) is 11.0 Å². The largest absolute Gasteiger partial charge is 0.486 e. The molecule has 0 atom stereocenters. The number of hydrogen-bond acceptors (Lipinski definition) is 9. The third-order valence-corrected chi connectivity index (χ3v) is 7.71. The van der Waals surface area contributed by atoms with Gasteiger partial charge >= 0.3 is 5.97 Å². The number of ether oxygens (including phenoxy) is 2. The van der Waals surface area contributed by atoms with Gasteiger partial charge < -0.3 is 20.5 Å². The first-order chi connectivity index (χ1) is 18.5. The van der Waals surface area contributed by atoms with Gasteiger partial charge in [-0.2, -0.15) is 0 Å². The predicted octanol–water partition coefficient (Wildman–Crippen LogP) is 4.93. The van der Waals surface area contributed by atoms with E-state index in [0.29, 0.717) is 29.0 Å². The summed E-state index contributed by atoms with van der Waals surface area (Å²) in [6.45, 7) is 13.7. The highest BCUT2D eigenvalue weighted by Gasteiger charge is 2.26. The lowest BCUT2D eigenvalue weighted by atomic mass is 10.0. The van der Waals surface area contributed by atoms with Gasteiger partial charge in [0.1, 0.15) is 17.4 Å². The molecule has 0 spiro atoms. The average Bonchev–Trinajstić information content (AvgIpc) is 3.41. The molecule has 39 heavy (non-hydrogen) atoms. The second-order valence-corrected chi connectivity index (χ2v) is 11.2. The number of esters is 1. The Kier molecular flexibility index (Phi) is 10.3. The molecule has 0 bridgehead atoms. The fraction of sp³-hybridized carbons (Fsp3) is 0.370. The summed E-state index contributed by atoms with van der Waals surface area (Å²) in [6, 6.07) is 7.91. The smallest absolute Gasteiger partial charge is 0.341 e. The van der Waals surface area contributed by atoms with Gasteiger partial charge in [-0.25, -0.2) is 4.79 Å². The van der Waals surface area contributed by atoms with Crippen LogP contribution in [0.25, 0.3) is 0 Å². The quantitative estimate of drug-likeness (QED) is 0.167. The predicted molar refractivity (Wildman–Crippen MR) is 153 cm³/mol. The first-order valence-corrected chi connectivity index (χ1v) is 14.1. The molecule has 0 aliphatic rings. The monoisotopic (exact) mass is 571 g/mol. The summed E-state index contributed by atoms with van der Waals surface area (Å²) in [5, 5.41) is 11.9. The van der Waals surface area contributed by atoms with Gasteiger partial charge in [-0.3, -0.25) is 14.2 Å². The Hall–Kier alpha value is -3.64. The molecule has 2 heterocycles. The van der Waals surface area contributed by atoms with Gasteiger partial charge in [0, 0.05) is 6.54 Å². The Balaban J connectivity index is 1.69. The number of nitrogens with two attached hydrogens (primary N) is 1. The Labute approximate surface area is 236 Å². The van der Waals surface area contributed by atoms with Gasteiger partial charge in [-0.15, -0.1) is 28.1 Å². The third kappa shape index (κ3) is 7.70. The lowest BCUT2D eigenvalue weighted by Crippen LogP contribution is -2.18. The minimum absolute atomic E-state index is 0.0195. The van der Waals surface area contributed by atoms with Crippen molar-refractivity contribution >= 4 is 45.9 Å². The second kappa shape index (κ2) is 13.4. The Bertz CT molecular complexity index is 1350. The van der Waals surface area contributed by atoms with Crippen molar-refractivity contribution in [3.05, 3.63) is 64.3 Å². The van der Waals surface area contributed by atoms with Gasteiger partial charge in [0.05, 0.1) is 22.3 Å². The molecule has 0 radical (unpaired) electrons. The molecule has 10 nitrogen and oxygen atoms in total. The number of aromatic nitrogens is 3. The molecule has 12 heteroatoms. The number of thiophene rings is 1. The number of nitrogens with zero attached hydrogens (tertiary/aromatic N) is 3. The Morgan fingerprint density at radius 2 is 1.87 bits per heavy atom. The van der Waals surface area contributed by atoms with Crippen molar-refractivity contribution in [2.24, 2.45) is 5.73 Å². The third-order valence-electron chi connectivity index (χ3n) is 5.52. The van der Waals surface area contributed by atoms with E-state index in [2.05, 4.69) is 35.9 Å². The fourth-order valence-electron chi connectivity index (χ4n) is 3.59. The highest BCUT2D eigenvalue weighted by molar-refractivity contribution is 7.99. The van der Waals surface area contributed by atoms with Crippen LogP contribution in [0.1, 0.15) is 70.6 Å². The number of rotatable bonds is 13. The zero-order valence-corrected chi connectivity index (χ0v) is 24.3. The number of allylic oxidation sites excluding steroid dienone is 1. The molecule has 0 saturated carbocycles. The number of amides is 2. The molecule has 208 valence electrons. The lowest BCUT2D eigenvalue weighted by molar-refractivity contribution is -0.113. The Morgan fingerprint density at radius 1 is 1.18 bits per heavy atom. The van der Waals surface area contributed by atoms with Crippen LogP contribution >= 0.6 is 23.1 Å². The van der Waals surface area contributed by atoms with Gasteiger partial charge in [0.25, 0.3) is 5.91 Å². The first kappa shape index (κ1) is 29.9. The molecule has 0 aliphatic heterocycles. The summed E-state index contributed by atoms with van der Waals surface area (Å²) in [6.07, 6.45) is 1.34. The van der Waals surface area contributed by atoms with E-state index in [-0.39, 0.29) is 33.9 Å². The fourth-order valence-corrected chi connectivity index (χ4v) is 5.42. The number of hydrogen-bond donors (Lipinski definition) is 2. The minimum atomic E-state index is -0.686. The molecule has 3 N–H and O–H groups in total. The molecule has 2 aromatic heterocycles. The van der Waals surface area contributed by atoms with Gasteiger partial charge in [-0.05, 0) is 49.9 Å². The van der Waals surface area contributed by atoms with Gasteiger partial charge in [-0.1, -0.05) is 43.8 Å². The van der Waals surface area contributed by atoms with Crippen LogP contribution in [-0.2, 0) is 22.7 Å². The van der Waals surface area contributed by atoms with Crippen LogP contribution < -0.4 is 15.8 Å². The van der Waals surface area contributed by atoms with Crippen LogP contribution in [0.2, 0.25) is 0 Å².